The largest absolute Gasteiger partial charge is 0.456 e. The molecule has 0 amide bonds. The first-order valence-electron chi connectivity index (χ1n) is 10.5. The highest BCUT2D eigenvalue weighted by Crippen LogP contribution is 2.30. The van der Waals surface area contributed by atoms with Gasteiger partial charge in [-0.1, -0.05) is 0 Å². The number of nitro groups is 1. The maximum absolute atomic E-state index is 14.5. The summed E-state index contributed by atoms with van der Waals surface area (Å²) < 4.78 is 35.0. The number of nitrogens with one attached hydrogen (secondary N) is 1. The molecule has 2 heterocycles. The van der Waals surface area contributed by atoms with E-state index < -0.39 is 28.1 Å². The minimum atomic E-state index is -0.786. The molecule has 11 heteroatoms. The Bertz CT molecular complexity index is 1220. The molecular weight excluding hydrogens is 448 g/mol. The van der Waals surface area contributed by atoms with Gasteiger partial charge in [0.05, 0.1) is 10.5 Å². The third-order valence-electron chi connectivity index (χ3n) is 4.72. The SMILES string of the molecule is CC(C)(C)OC(=O)c1cn(CCCNc2ccc([N+](=O)[O-])c(N)n2)cc1-c1ccc(F)cc1F. The Morgan fingerprint density at radius 2 is 1.94 bits per heavy atom. The van der Waals surface area contributed by atoms with Gasteiger partial charge in [-0.25, -0.2) is 18.6 Å². The number of rotatable bonds is 8. The van der Waals surface area contributed by atoms with Crippen molar-refractivity contribution in [1.82, 2.24) is 9.55 Å². The Balaban J connectivity index is 1.75. The second-order valence-corrected chi connectivity index (χ2v) is 8.59. The summed E-state index contributed by atoms with van der Waals surface area (Å²) in [5.74, 6) is -1.92. The van der Waals surface area contributed by atoms with E-state index >= 15 is 0 Å². The average molecular weight is 473 g/mol. The van der Waals surface area contributed by atoms with Crippen molar-refractivity contribution in [1.29, 1.82) is 0 Å². The number of halogens is 2. The monoisotopic (exact) mass is 473 g/mol. The van der Waals surface area contributed by atoms with E-state index in [0.717, 1.165) is 12.1 Å². The van der Waals surface area contributed by atoms with Gasteiger partial charge in [0.25, 0.3) is 0 Å². The summed E-state index contributed by atoms with van der Waals surface area (Å²) in [6, 6.07) is 5.90. The van der Waals surface area contributed by atoms with E-state index in [4.69, 9.17) is 10.5 Å². The Morgan fingerprint density at radius 1 is 1.21 bits per heavy atom. The van der Waals surface area contributed by atoms with Crippen LogP contribution >= 0.6 is 0 Å². The molecule has 3 aromatic rings. The first-order chi connectivity index (χ1) is 15.9. The van der Waals surface area contributed by atoms with E-state index in [0.29, 0.717) is 30.9 Å². The number of nitrogens with two attached hydrogens (primary N) is 1. The molecule has 2 aromatic heterocycles. The van der Waals surface area contributed by atoms with Crippen LogP contribution in [0.5, 0.6) is 0 Å². The lowest BCUT2D eigenvalue weighted by Crippen LogP contribution is -2.24. The van der Waals surface area contributed by atoms with Gasteiger partial charge < -0.3 is 20.4 Å². The number of aromatic nitrogens is 2. The van der Waals surface area contributed by atoms with Crippen molar-refractivity contribution >= 4 is 23.3 Å². The molecule has 3 N–H and O–H groups in total. The predicted octanol–water partition coefficient (Wildman–Crippen LogP) is 4.78. The molecule has 3 rings (SSSR count). The van der Waals surface area contributed by atoms with Crippen molar-refractivity contribution in [3.63, 3.8) is 0 Å². The van der Waals surface area contributed by atoms with Gasteiger partial charge >= 0.3 is 11.7 Å². The topological polar surface area (TPSA) is 125 Å². The van der Waals surface area contributed by atoms with Crippen LogP contribution in [-0.2, 0) is 11.3 Å². The fraction of sp³-hybridized carbons (Fsp3) is 0.304. The van der Waals surface area contributed by atoms with Crippen molar-refractivity contribution in [2.75, 3.05) is 17.6 Å². The summed E-state index contributed by atoms with van der Waals surface area (Å²) in [4.78, 5) is 26.9. The molecule has 0 fully saturated rings. The van der Waals surface area contributed by atoms with Crippen molar-refractivity contribution in [3.8, 4) is 11.1 Å². The number of esters is 1. The maximum atomic E-state index is 14.5. The number of benzene rings is 1. The zero-order valence-electron chi connectivity index (χ0n) is 19.0. The first kappa shape index (κ1) is 24.6. The Kier molecular flexibility index (Phi) is 7.14. The average Bonchev–Trinajstić information content (AvgIpc) is 3.14. The van der Waals surface area contributed by atoms with Crippen LogP contribution in [0.3, 0.4) is 0 Å². The van der Waals surface area contributed by atoms with Crippen LogP contribution in [0.25, 0.3) is 11.1 Å². The van der Waals surface area contributed by atoms with Crippen LogP contribution in [0, 0.1) is 21.7 Å². The van der Waals surface area contributed by atoms with Crippen LogP contribution in [0.15, 0.2) is 42.7 Å². The van der Waals surface area contributed by atoms with Crippen LogP contribution in [0.2, 0.25) is 0 Å². The van der Waals surface area contributed by atoms with E-state index in [9.17, 15) is 23.7 Å². The summed E-state index contributed by atoms with van der Waals surface area (Å²) in [6.07, 6.45) is 3.75. The van der Waals surface area contributed by atoms with Crippen molar-refractivity contribution in [3.05, 3.63) is 70.0 Å². The molecule has 34 heavy (non-hydrogen) atoms. The maximum Gasteiger partial charge on any atom is 0.340 e. The molecule has 0 spiro atoms. The van der Waals surface area contributed by atoms with Crippen molar-refractivity contribution < 1.29 is 23.2 Å². The number of aryl methyl sites for hydroxylation is 1. The number of hydrogen-bond donors (Lipinski definition) is 2. The van der Waals surface area contributed by atoms with Gasteiger partial charge in [0, 0.05) is 48.7 Å². The molecule has 0 atom stereocenters. The van der Waals surface area contributed by atoms with Crippen molar-refractivity contribution in [2.24, 2.45) is 0 Å². The second kappa shape index (κ2) is 9.86. The van der Waals surface area contributed by atoms with Crippen LogP contribution in [0.4, 0.5) is 26.1 Å². The first-order valence-corrected chi connectivity index (χ1v) is 10.5. The smallest absolute Gasteiger partial charge is 0.340 e. The molecule has 0 radical (unpaired) electrons. The van der Waals surface area contributed by atoms with Gasteiger partial charge in [0.1, 0.15) is 23.1 Å². The highest BCUT2D eigenvalue weighted by Gasteiger charge is 2.24. The summed E-state index contributed by atoms with van der Waals surface area (Å²) in [6.45, 7) is 6.08. The lowest BCUT2D eigenvalue weighted by Gasteiger charge is -2.19. The summed E-state index contributed by atoms with van der Waals surface area (Å²) in [5.41, 5.74) is 5.12. The fourth-order valence-electron chi connectivity index (χ4n) is 3.25. The van der Waals surface area contributed by atoms with E-state index in [-0.39, 0.29) is 22.6 Å². The molecule has 0 saturated heterocycles. The standard InChI is InChI=1S/C23H25F2N5O4/c1-23(2,3)34-22(31)17-13-29(12-16(17)15-6-5-14(24)11-18(15)25)10-4-9-27-20-8-7-19(30(32)33)21(26)28-20/h5-8,11-13H,4,9-10H2,1-3H3,(H3,26,27,28). The molecule has 0 bridgehead atoms. The van der Waals surface area contributed by atoms with E-state index in [1.807, 2.05) is 0 Å². The number of hydrogen-bond acceptors (Lipinski definition) is 7. The number of nitrogens with zero attached hydrogens (tertiary/aromatic N) is 3. The lowest BCUT2D eigenvalue weighted by atomic mass is 10.0. The van der Waals surface area contributed by atoms with Gasteiger partial charge in [-0.3, -0.25) is 10.1 Å². The predicted molar refractivity (Wildman–Crippen MR) is 123 cm³/mol. The summed E-state index contributed by atoms with van der Waals surface area (Å²) >= 11 is 0. The Hall–Kier alpha value is -4.02. The number of carbonyl (C=O) groups is 1. The second-order valence-electron chi connectivity index (χ2n) is 8.59. The summed E-state index contributed by atoms with van der Waals surface area (Å²) in [7, 11) is 0. The minimum Gasteiger partial charge on any atom is -0.456 e. The Labute approximate surface area is 194 Å². The van der Waals surface area contributed by atoms with Gasteiger partial charge in [-0.2, -0.15) is 0 Å². The zero-order valence-corrected chi connectivity index (χ0v) is 19.0. The third-order valence-corrected chi connectivity index (χ3v) is 4.72. The molecular formula is C23H25F2N5O4. The number of pyridine rings is 1. The van der Waals surface area contributed by atoms with Crippen LogP contribution in [-0.4, -0.2) is 32.6 Å². The molecule has 0 aliphatic carbocycles. The third kappa shape index (κ3) is 6.06. The van der Waals surface area contributed by atoms with Gasteiger partial charge in [-0.05, 0) is 45.4 Å². The Morgan fingerprint density at radius 3 is 2.56 bits per heavy atom. The molecule has 0 saturated carbocycles. The molecule has 180 valence electrons. The van der Waals surface area contributed by atoms with E-state index in [1.54, 1.807) is 37.7 Å². The summed E-state index contributed by atoms with van der Waals surface area (Å²) in [5, 5.41) is 13.9. The number of carbonyl (C=O) groups excluding carboxylic acids is 1. The number of ether oxygens (including phenoxy) is 1. The minimum absolute atomic E-state index is 0.0877. The molecule has 0 aliphatic heterocycles. The number of anilines is 2. The zero-order chi connectivity index (χ0) is 25.0. The highest BCUT2D eigenvalue weighted by atomic mass is 19.1. The van der Waals surface area contributed by atoms with Crippen molar-refractivity contribution in [2.45, 2.75) is 39.3 Å². The van der Waals surface area contributed by atoms with Crippen LogP contribution in [0.1, 0.15) is 37.6 Å². The molecule has 0 aliphatic rings. The normalized spacial score (nSPS) is 11.3. The highest BCUT2D eigenvalue weighted by molar-refractivity contribution is 5.97. The van der Waals surface area contributed by atoms with E-state index in [2.05, 4.69) is 10.3 Å². The molecule has 9 nitrogen and oxygen atoms in total. The van der Waals surface area contributed by atoms with Gasteiger partial charge in [0.2, 0.25) is 5.82 Å². The van der Waals surface area contributed by atoms with Gasteiger partial charge in [0.15, 0.2) is 0 Å². The molecule has 0 unspecified atom stereocenters. The van der Waals surface area contributed by atoms with Gasteiger partial charge in [-0.15, -0.1) is 0 Å². The quantitative estimate of drug-likeness (QED) is 0.209. The molecule has 1 aromatic carbocycles. The number of nitrogen functional groups attached to an aromatic ring is 1. The fourth-order valence-corrected chi connectivity index (χ4v) is 3.25. The van der Waals surface area contributed by atoms with Crippen LogP contribution < -0.4 is 11.1 Å². The lowest BCUT2D eigenvalue weighted by molar-refractivity contribution is -0.384. The van der Waals surface area contributed by atoms with E-state index in [1.165, 1.54) is 18.2 Å².